The molecule has 2 aromatic heterocycles. The Kier molecular flexibility index (Phi) is 5.86. The molecule has 3 aromatic rings. The normalized spacial score (nSPS) is 11.9. The molecule has 0 aliphatic carbocycles. The monoisotopic (exact) mass is 373 g/mol. The maximum atomic E-state index is 12.1. The molecule has 1 unspecified atom stereocenters. The molecule has 0 saturated carbocycles. The number of thiophene rings is 2. The first-order valence-electron chi connectivity index (χ1n) is 7.85. The number of aliphatic hydroxyl groups is 1. The average molecular weight is 373 g/mol. The van der Waals surface area contributed by atoms with Crippen LogP contribution in [0.3, 0.4) is 0 Å². The standard InChI is InChI=1S/C19H19NO3S2/c1-23-14-5-2-4-13(10-14)11-18(21)20-12-15-7-8-17(25-15)19(22)16-6-3-9-24-16/h2-10,19,22H,11-12H2,1H3,(H,20,21). The highest BCUT2D eigenvalue weighted by atomic mass is 32.1. The predicted molar refractivity (Wildman–Crippen MR) is 101 cm³/mol. The van der Waals surface area contributed by atoms with Gasteiger partial charge in [-0.3, -0.25) is 4.79 Å². The van der Waals surface area contributed by atoms with E-state index in [1.54, 1.807) is 7.11 Å². The lowest BCUT2D eigenvalue weighted by atomic mass is 10.1. The summed E-state index contributed by atoms with van der Waals surface area (Å²) in [7, 11) is 1.61. The summed E-state index contributed by atoms with van der Waals surface area (Å²) < 4.78 is 5.17. The largest absolute Gasteiger partial charge is 0.497 e. The Hall–Kier alpha value is -2.15. The first-order valence-corrected chi connectivity index (χ1v) is 9.55. The van der Waals surface area contributed by atoms with Crippen LogP contribution in [0.1, 0.15) is 26.3 Å². The third kappa shape index (κ3) is 4.69. The van der Waals surface area contributed by atoms with Gasteiger partial charge in [-0.25, -0.2) is 0 Å². The molecule has 1 atom stereocenters. The summed E-state index contributed by atoms with van der Waals surface area (Å²) in [6, 6.07) is 15.2. The fourth-order valence-electron chi connectivity index (χ4n) is 2.44. The Morgan fingerprint density at radius 2 is 2.08 bits per heavy atom. The SMILES string of the molecule is COc1cccc(CC(=O)NCc2ccc(C(O)c3cccs3)s2)c1. The van der Waals surface area contributed by atoms with E-state index in [-0.39, 0.29) is 5.91 Å². The van der Waals surface area contributed by atoms with E-state index in [1.165, 1.54) is 22.7 Å². The van der Waals surface area contributed by atoms with Gasteiger partial charge in [0.15, 0.2) is 0 Å². The van der Waals surface area contributed by atoms with E-state index < -0.39 is 6.10 Å². The van der Waals surface area contributed by atoms with Gasteiger partial charge in [-0.1, -0.05) is 18.2 Å². The molecule has 0 fully saturated rings. The Bertz CT molecular complexity index is 827. The van der Waals surface area contributed by atoms with Gasteiger partial charge in [-0.15, -0.1) is 22.7 Å². The van der Waals surface area contributed by atoms with E-state index in [9.17, 15) is 9.90 Å². The van der Waals surface area contributed by atoms with Crippen molar-refractivity contribution in [3.8, 4) is 5.75 Å². The molecule has 25 heavy (non-hydrogen) atoms. The molecule has 3 rings (SSSR count). The van der Waals surface area contributed by atoms with Crippen LogP contribution in [0.15, 0.2) is 53.9 Å². The molecule has 0 spiro atoms. The van der Waals surface area contributed by atoms with Gasteiger partial charge in [0, 0.05) is 14.6 Å². The first kappa shape index (κ1) is 17.7. The molecular formula is C19H19NO3S2. The van der Waals surface area contributed by atoms with Crippen LogP contribution in [-0.4, -0.2) is 18.1 Å². The van der Waals surface area contributed by atoms with Crippen molar-refractivity contribution in [2.75, 3.05) is 7.11 Å². The van der Waals surface area contributed by atoms with E-state index in [0.717, 1.165) is 25.9 Å². The van der Waals surface area contributed by atoms with Crippen molar-refractivity contribution in [2.24, 2.45) is 0 Å². The second-order valence-electron chi connectivity index (χ2n) is 5.53. The van der Waals surface area contributed by atoms with Gasteiger partial charge in [0.25, 0.3) is 0 Å². The Labute approximate surface area is 154 Å². The van der Waals surface area contributed by atoms with Crippen molar-refractivity contribution in [2.45, 2.75) is 19.1 Å². The van der Waals surface area contributed by atoms with Crippen LogP contribution in [0.4, 0.5) is 0 Å². The fourth-order valence-corrected chi connectivity index (χ4v) is 4.20. The summed E-state index contributed by atoms with van der Waals surface area (Å²) in [5, 5.41) is 15.2. The molecule has 6 heteroatoms. The number of carbonyl (C=O) groups is 1. The van der Waals surface area contributed by atoms with Crippen molar-refractivity contribution in [1.29, 1.82) is 0 Å². The van der Waals surface area contributed by atoms with Gasteiger partial charge in [0.2, 0.25) is 5.91 Å². The summed E-state index contributed by atoms with van der Waals surface area (Å²) in [5.74, 6) is 0.706. The third-order valence-electron chi connectivity index (χ3n) is 3.72. The lowest BCUT2D eigenvalue weighted by Gasteiger charge is -2.06. The maximum absolute atomic E-state index is 12.1. The zero-order chi connectivity index (χ0) is 17.6. The zero-order valence-electron chi connectivity index (χ0n) is 13.8. The van der Waals surface area contributed by atoms with Crippen LogP contribution in [0.2, 0.25) is 0 Å². The summed E-state index contributed by atoms with van der Waals surface area (Å²) >= 11 is 3.05. The number of ether oxygens (including phenoxy) is 1. The summed E-state index contributed by atoms with van der Waals surface area (Å²) in [6.45, 7) is 0.463. The van der Waals surface area contributed by atoms with Crippen LogP contribution in [0.5, 0.6) is 5.75 Å². The smallest absolute Gasteiger partial charge is 0.224 e. The van der Waals surface area contributed by atoms with Crippen LogP contribution in [0, 0.1) is 0 Å². The molecule has 0 aliphatic rings. The minimum absolute atomic E-state index is 0.0398. The summed E-state index contributed by atoms with van der Waals surface area (Å²) in [4.78, 5) is 15.0. The van der Waals surface area contributed by atoms with Gasteiger partial charge in [-0.05, 0) is 41.3 Å². The van der Waals surface area contributed by atoms with E-state index in [0.29, 0.717) is 13.0 Å². The van der Waals surface area contributed by atoms with Crippen LogP contribution < -0.4 is 10.1 Å². The number of amides is 1. The molecule has 0 radical (unpaired) electrons. The number of benzene rings is 1. The Balaban J connectivity index is 1.54. The second-order valence-corrected chi connectivity index (χ2v) is 7.71. The minimum atomic E-state index is -0.591. The van der Waals surface area contributed by atoms with Crippen molar-refractivity contribution in [3.05, 3.63) is 74.1 Å². The number of carbonyl (C=O) groups excluding carboxylic acids is 1. The Morgan fingerprint density at radius 3 is 2.84 bits per heavy atom. The first-order chi connectivity index (χ1) is 12.2. The molecule has 1 amide bonds. The van der Waals surface area contributed by atoms with E-state index in [1.807, 2.05) is 53.9 Å². The lowest BCUT2D eigenvalue weighted by Crippen LogP contribution is -2.24. The molecule has 130 valence electrons. The molecule has 1 aromatic carbocycles. The van der Waals surface area contributed by atoms with E-state index >= 15 is 0 Å². The summed E-state index contributed by atoms with van der Waals surface area (Å²) in [6.07, 6.45) is -0.279. The highest BCUT2D eigenvalue weighted by Gasteiger charge is 2.14. The van der Waals surface area contributed by atoms with Gasteiger partial charge < -0.3 is 15.2 Å². The van der Waals surface area contributed by atoms with Crippen LogP contribution in [0.25, 0.3) is 0 Å². The topological polar surface area (TPSA) is 58.6 Å². The van der Waals surface area contributed by atoms with Gasteiger partial charge in [-0.2, -0.15) is 0 Å². The minimum Gasteiger partial charge on any atom is -0.497 e. The molecule has 0 saturated heterocycles. The molecule has 2 heterocycles. The van der Waals surface area contributed by atoms with Gasteiger partial charge in [0.1, 0.15) is 11.9 Å². The number of aliphatic hydroxyl groups excluding tert-OH is 1. The Morgan fingerprint density at radius 1 is 1.20 bits per heavy atom. The van der Waals surface area contributed by atoms with Crippen molar-refractivity contribution in [1.82, 2.24) is 5.32 Å². The van der Waals surface area contributed by atoms with Crippen LogP contribution >= 0.6 is 22.7 Å². The van der Waals surface area contributed by atoms with E-state index in [4.69, 9.17) is 4.74 Å². The quantitative estimate of drug-likeness (QED) is 0.663. The fraction of sp³-hybridized carbons (Fsp3) is 0.211. The predicted octanol–water partition coefficient (Wildman–Crippen LogP) is 3.76. The summed E-state index contributed by atoms with van der Waals surface area (Å²) in [5.41, 5.74) is 0.914. The second kappa shape index (κ2) is 8.29. The van der Waals surface area contributed by atoms with Crippen LogP contribution in [-0.2, 0) is 17.8 Å². The highest BCUT2D eigenvalue weighted by molar-refractivity contribution is 7.12. The number of hydrogen-bond donors (Lipinski definition) is 2. The number of methoxy groups -OCH3 is 1. The molecule has 0 aliphatic heterocycles. The molecule has 4 nitrogen and oxygen atoms in total. The molecule has 2 N–H and O–H groups in total. The maximum Gasteiger partial charge on any atom is 0.224 e. The molecule has 0 bridgehead atoms. The average Bonchev–Trinajstić information content (AvgIpc) is 3.31. The highest BCUT2D eigenvalue weighted by Crippen LogP contribution is 2.30. The van der Waals surface area contributed by atoms with Crippen molar-refractivity contribution >= 4 is 28.6 Å². The van der Waals surface area contributed by atoms with Crippen molar-refractivity contribution < 1.29 is 14.6 Å². The van der Waals surface area contributed by atoms with Gasteiger partial charge in [0.05, 0.1) is 20.1 Å². The lowest BCUT2D eigenvalue weighted by molar-refractivity contribution is -0.120. The van der Waals surface area contributed by atoms with Gasteiger partial charge >= 0.3 is 0 Å². The number of rotatable bonds is 7. The zero-order valence-corrected chi connectivity index (χ0v) is 15.4. The third-order valence-corrected chi connectivity index (χ3v) is 5.79. The molecular weight excluding hydrogens is 354 g/mol. The number of nitrogens with one attached hydrogen (secondary N) is 1. The van der Waals surface area contributed by atoms with E-state index in [2.05, 4.69) is 5.32 Å². The van der Waals surface area contributed by atoms with Crippen molar-refractivity contribution in [3.63, 3.8) is 0 Å². The number of hydrogen-bond acceptors (Lipinski definition) is 5.